The number of aromatic nitrogens is 3. The first-order valence-corrected chi connectivity index (χ1v) is 7.38. The maximum absolute atomic E-state index is 12.2. The first kappa shape index (κ1) is 15.6. The fraction of sp³-hybridized carbons (Fsp3) is 0.111. The molecule has 0 atom stereocenters. The Hall–Kier alpha value is -3.28. The van der Waals surface area contributed by atoms with E-state index in [1.165, 1.54) is 23.0 Å². The Morgan fingerprint density at radius 1 is 1.17 bits per heavy atom. The fourth-order valence-electron chi connectivity index (χ4n) is 2.29. The van der Waals surface area contributed by atoms with Crippen LogP contribution in [0.3, 0.4) is 0 Å². The largest absolute Gasteiger partial charge is 0.383 e. The van der Waals surface area contributed by atoms with Crippen LogP contribution in [-0.2, 0) is 0 Å². The van der Waals surface area contributed by atoms with Crippen LogP contribution < -0.4 is 5.43 Å². The number of nitrogens with zero attached hydrogens (tertiary/aromatic N) is 4. The summed E-state index contributed by atoms with van der Waals surface area (Å²) in [6, 6.07) is 9.07. The lowest BCUT2D eigenvalue weighted by Crippen LogP contribution is -2.20. The number of carbonyl (C=O) groups excluding carboxylic acids is 1. The average Bonchev–Trinajstić information content (AvgIpc) is 2.59. The Balaban J connectivity index is 2.11. The van der Waals surface area contributed by atoms with Crippen LogP contribution in [0.4, 0.5) is 0 Å². The summed E-state index contributed by atoms with van der Waals surface area (Å²) in [5.74, 6) is -0.434. The van der Waals surface area contributed by atoms with Crippen molar-refractivity contribution in [1.82, 2.24) is 19.7 Å². The number of pyridine rings is 1. The zero-order valence-corrected chi connectivity index (χ0v) is 13.4. The van der Waals surface area contributed by atoms with Crippen molar-refractivity contribution in [2.75, 3.05) is 14.1 Å². The molecule has 0 aliphatic carbocycles. The number of hydrogen-bond donors (Lipinski definition) is 0. The Bertz CT molecular complexity index is 984. The molecule has 3 rings (SSSR count). The predicted molar refractivity (Wildman–Crippen MR) is 92.3 cm³/mol. The monoisotopic (exact) mass is 320 g/mol. The molecule has 6 heteroatoms. The Morgan fingerprint density at radius 3 is 2.75 bits per heavy atom. The van der Waals surface area contributed by atoms with Crippen LogP contribution in [-0.4, -0.2) is 39.5 Å². The second-order valence-electron chi connectivity index (χ2n) is 5.50. The molecule has 0 N–H and O–H groups in total. The Labute approximate surface area is 138 Å². The highest BCUT2D eigenvalue weighted by Crippen LogP contribution is 2.19. The van der Waals surface area contributed by atoms with Gasteiger partial charge in [-0.25, -0.2) is 4.68 Å². The molecule has 3 aromatic rings. The van der Waals surface area contributed by atoms with Crippen molar-refractivity contribution in [2.24, 2.45) is 0 Å². The van der Waals surface area contributed by atoms with Crippen LogP contribution in [0.25, 0.3) is 16.5 Å². The summed E-state index contributed by atoms with van der Waals surface area (Å²) in [5, 5.41) is 6.11. The van der Waals surface area contributed by atoms with Crippen molar-refractivity contribution < 1.29 is 4.79 Å². The Kier molecular flexibility index (Phi) is 4.20. The number of hydrogen-bond acceptors (Lipinski definition) is 5. The van der Waals surface area contributed by atoms with Gasteiger partial charge in [0, 0.05) is 55.6 Å². The summed E-state index contributed by atoms with van der Waals surface area (Å²) >= 11 is 0. The molecule has 0 unspecified atom stereocenters. The van der Waals surface area contributed by atoms with Gasteiger partial charge in [0.15, 0.2) is 5.69 Å². The third kappa shape index (κ3) is 3.08. The van der Waals surface area contributed by atoms with Gasteiger partial charge >= 0.3 is 0 Å². The standard InChI is InChI=1S/C18H16N4O2/c1-21(2)9-7-16(23)18-17(24)8-10-22(20-18)15-12-19-11-13-5-3-4-6-14(13)15/h3-12H,1-2H3/b9-7+. The lowest BCUT2D eigenvalue weighted by Gasteiger charge is -2.09. The van der Waals surface area contributed by atoms with Gasteiger partial charge in [0.2, 0.25) is 11.2 Å². The maximum atomic E-state index is 12.2. The van der Waals surface area contributed by atoms with E-state index in [0.717, 1.165) is 10.8 Å². The highest BCUT2D eigenvalue weighted by Gasteiger charge is 2.12. The normalized spacial score (nSPS) is 11.1. The van der Waals surface area contributed by atoms with E-state index in [9.17, 15) is 9.59 Å². The second-order valence-corrected chi connectivity index (χ2v) is 5.50. The molecule has 120 valence electrons. The number of carbonyl (C=O) groups is 1. The maximum Gasteiger partial charge on any atom is 0.211 e. The van der Waals surface area contributed by atoms with Gasteiger partial charge in [-0.1, -0.05) is 24.3 Å². The quantitative estimate of drug-likeness (QED) is 0.543. The van der Waals surface area contributed by atoms with E-state index < -0.39 is 11.2 Å². The molecule has 0 bridgehead atoms. The smallest absolute Gasteiger partial charge is 0.211 e. The Morgan fingerprint density at radius 2 is 1.96 bits per heavy atom. The van der Waals surface area contributed by atoms with Gasteiger partial charge in [-0.2, -0.15) is 5.10 Å². The van der Waals surface area contributed by atoms with Crippen LogP contribution in [0.5, 0.6) is 0 Å². The van der Waals surface area contributed by atoms with Crippen molar-refractivity contribution in [3.63, 3.8) is 0 Å². The average molecular weight is 320 g/mol. The summed E-state index contributed by atoms with van der Waals surface area (Å²) in [5.41, 5.74) is 0.176. The molecular formula is C18H16N4O2. The number of fused-ring (bicyclic) bond motifs is 1. The summed E-state index contributed by atoms with van der Waals surface area (Å²) < 4.78 is 1.51. The molecular weight excluding hydrogens is 304 g/mol. The highest BCUT2D eigenvalue weighted by atomic mass is 16.1. The molecule has 2 aromatic heterocycles. The highest BCUT2D eigenvalue weighted by molar-refractivity contribution is 6.02. The van der Waals surface area contributed by atoms with Gasteiger partial charge < -0.3 is 4.90 Å². The van der Waals surface area contributed by atoms with Gasteiger partial charge in [-0.05, 0) is 0 Å². The topological polar surface area (TPSA) is 68.1 Å². The first-order chi connectivity index (χ1) is 11.6. The molecule has 0 aliphatic heterocycles. The molecule has 0 saturated carbocycles. The van der Waals surface area contributed by atoms with E-state index in [4.69, 9.17) is 0 Å². The molecule has 2 heterocycles. The van der Waals surface area contributed by atoms with E-state index in [2.05, 4.69) is 10.1 Å². The minimum atomic E-state index is -0.434. The molecule has 24 heavy (non-hydrogen) atoms. The van der Waals surface area contributed by atoms with Crippen molar-refractivity contribution in [2.45, 2.75) is 0 Å². The van der Waals surface area contributed by atoms with Crippen LogP contribution >= 0.6 is 0 Å². The molecule has 0 saturated heterocycles. The molecule has 0 aliphatic rings. The SMILES string of the molecule is CN(C)/C=C/C(=O)c1nn(-c2cncc3ccccc23)ccc1=O. The van der Waals surface area contributed by atoms with E-state index in [0.29, 0.717) is 5.69 Å². The summed E-state index contributed by atoms with van der Waals surface area (Å²) in [4.78, 5) is 30.1. The zero-order chi connectivity index (χ0) is 17.1. The van der Waals surface area contributed by atoms with Gasteiger partial charge in [0.25, 0.3) is 0 Å². The van der Waals surface area contributed by atoms with E-state index in [-0.39, 0.29) is 5.69 Å². The van der Waals surface area contributed by atoms with Crippen LogP contribution in [0.15, 0.2) is 66.0 Å². The van der Waals surface area contributed by atoms with Crippen molar-refractivity contribution in [3.8, 4) is 5.69 Å². The molecule has 1 aromatic carbocycles. The van der Waals surface area contributed by atoms with Gasteiger partial charge in [0.05, 0.1) is 11.9 Å². The summed E-state index contributed by atoms with van der Waals surface area (Å²) in [6.45, 7) is 0. The van der Waals surface area contributed by atoms with E-state index >= 15 is 0 Å². The molecule has 0 radical (unpaired) electrons. The fourth-order valence-corrected chi connectivity index (χ4v) is 2.29. The lowest BCUT2D eigenvalue weighted by molar-refractivity contribution is 0.103. The van der Waals surface area contributed by atoms with Crippen molar-refractivity contribution in [3.05, 3.63) is 77.1 Å². The third-order valence-electron chi connectivity index (χ3n) is 3.46. The molecule has 0 spiro atoms. The summed E-state index contributed by atoms with van der Waals surface area (Å²) in [7, 11) is 3.59. The number of allylic oxidation sites excluding steroid dienone is 1. The van der Waals surface area contributed by atoms with Crippen molar-refractivity contribution in [1.29, 1.82) is 0 Å². The van der Waals surface area contributed by atoms with Crippen molar-refractivity contribution >= 4 is 16.6 Å². The van der Waals surface area contributed by atoms with Crippen LogP contribution in [0, 0.1) is 0 Å². The minimum Gasteiger partial charge on any atom is -0.383 e. The zero-order valence-electron chi connectivity index (χ0n) is 13.4. The number of benzene rings is 1. The van der Waals surface area contributed by atoms with Crippen LogP contribution in [0.1, 0.15) is 10.5 Å². The molecule has 6 nitrogen and oxygen atoms in total. The number of ketones is 1. The summed E-state index contributed by atoms with van der Waals surface area (Å²) in [6.07, 6.45) is 7.87. The third-order valence-corrected chi connectivity index (χ3v) is 3.46. The van der Waals surface area contributed by atoms with E-state index in [1.807, 2.05) is 24.3 Å². The number of rotatable bonds is 4. The van der Waals surface area contributed by atoms with Gasteiger partial charge in [-0.3, -0.25) is 14.6 Å². The molecule has 0 fully saturated rings. The first-order valence-electron chi connectivity index (χ1n) is 7.38. The molecule has 0 amide bonds. The van der Waals surface area contributed by atoms with Gasteiger partial charge in [-0.15, -0.1) is 0 Å². The lowest BCUT2D eigenvalue weighted by atomic mass is 10.1. The van der Waals surface area contributed by atoms with E-state index in [1.54, 1.807) is 37.6 Å². The van der Waals surface area contributed by atoms with Gasteiger partial charge in [0.1, 0.15) is 0 Å². The minimum absolute atomic E-state index is 0.122. The second kappa shape index (κ2) is 6.45. The predicted octanol–water partition coefficient (Wildman–Crippen LogP) is 2.04. The van der Waals surface area contributed by atoms with Crippen LogP contribution in [0.2, 0.25) is 0 Å².